The Morgan fingerprint density at radius 1 is 1.36 bits per heavy atom. The van der Waals surface area contributed by atoms with Crippen LogP contribution in [0.3, 0.4) is 0 Å². The number of hydrogen-bond donors (Lipinski definition) is 2. The minimum absolute atomic E-state index is 0.181. The molecule has 0 bridgehead atoms. The van der Waals surface area contributed by atoms with Crippen LogP contribution in [-0.2, 0) is 0 Å². The predicted octanol–water partition coefficient (Wildman–Crippen LogP) is 0.451. The Kier molecular flexibility index (Phi) is 2.45. The van der Waals surface area contributed by atoms with Gasteiger partial charge in [-0.15, -0.1) is 0 Å². The van der Waals surface area contributed by atoms with Gasteiger partial charge in [0, 0.05) is 4.48 Å². The molecule has 0 aromatic carbocycles. The number of allylic oxidation sites excluding steroid dienone is 2. The van der Waals surface area contributed by atoms with Gasteiger partial charge in [0.25, 0.3) is 0 Å². The molecule has 58 valence electrons. The summed E-state index contributed by atoms with van der Waals surface area (Å²) in [4.78, 5) is 0. The third-order valence-corrected chi connectivity index (χ3v) is 2.18. The second-order valence-electron chi connectivity index (χ2n) is 2.18. The highest BCUT2D eigenvalue weighted by molar-refractivity contribution is 9.11. The Morgan fingerprint density at radius 3 is 2.55 bits per heavy atom. The highest BCUT2D eigenvalue weighted by Crippen LogP contribution is 2.23. The Bertz CT molecular complexity index is 264. The lowest BCUT2D eigenvalue weighted by atomic mass is 10.0. The van der Waals surface area contributed by atoms with Gasteiger partial charge in [0.2, 0.25) is 0 Å². The number of halogens is 1. The van der Waals surface area contributed by atoms with E-state index in [-0.39, 0.29) is 5.57 Å². The standard InChI is InChI=1S/C7H6BrNO2/c8-5-2-1-4(3-9)6(10)7(5)11/h1-2,6-7,10-11H/t6-,7+/m0/s1. The van der Waals surface area contributed by atoms with Crippen LogP contribution in [0.4, 0.5) is 0 Å². The Morgan fingerprint density at radius 2 is 2.00 bits per heavy atom. The topological polar surface area (TPSA) is 64.2 Å². The second-order valence-corrected chi connectivity index (χ2v) is 3.09. The van der Waals surface area contributed by atoms with Gasteiger partial charge in [0.05, 0.1) is 11.6 Å². The Balaban J connectivity index is 2.95. The summed E-state index contributed by atoms with van der Waals surface area (Å²) in [5.41, 5.74) is 0.181. The summed E-state index contributed by atoms with van der Waals surface area (Å²) in [7, 11) is 0. The van der Waals surface area contributed by atoms with E-state index in [2.05, 4.69) is 15.9 Å². The molecule has 0 saturated carbocycles. The molecular weight excluding hydrogens is 210 g/mol. The van der Waals surface area contributed by atoms with Crippen LogP contribution < -0.4 is 0 Å². The first-order valence-electron chi connectivity index (χ1n) is 3.00. The highest BCUT2D eigenvalue weighted by Gasteiger charge is 2.25. The van der Waals surface area contributed by atoms with E-state index in [0.717, 1.165) is 0 Å². The molecule has 0 spiro atoms. The minimum Gasteiger partial charge on any atom is -0.385 e. The quantitative estimate of drug-likeness (QED) is 0.617. The van der Waals surface area contributed by atoms with Crippen LogP contribution in [0, 0.1) is 11.3 Å². The van der Waals surface area contributed by atoms with Crippen molar-refractivity contribution in [1.29, 1.82) is 5.26 Å². The normalized spacial score (nSPS) is 30.4. The van der Waals surface area contributed by atoms with Gasteiger partial charge in [-0.2, -0.15) is 5.26 Å². The third kappa shape index (κ3) is 1.51. The smallest absolute Gasteiger partial charge is 0.119 e. The van der Waals surface area contributed by atoms with Crippen LogP contribution in [0.25, 0.3) is 0 Å². The van der Waals surface area contributed by atoms with Gasteiger partial charge in [-0.1, -0.05) is 15.9 Å². The van der Waals surface area contributed by atoms with Crippen molar-refractivity contribution in [2.75, 3.05) is 0 Å². The summed E-state index contributed by atoms with van der Waals surface area (Å²) in [6.07, 6.45) is 0.922. The van der Waals surface area contributed by atoms with Gasteiger partial charge < -0.3 is 10.2 Å². The number of aliphatic hydroxyl groups is 2. The van der Waals surface area contributed by atoms with Crippen LogP contribution in [0.2, 0.25) is 0 Å². The van der Waals surface area contributed by atoms with Crippen LogP contribution in [-0.4, -0.2) is 22.4 Å². The number of aliphatic hydroxyl groups excluding tert-OH is 2. The summed E-state index contributed by atoms with van der Waals surface area (Å²) in [6.45, 7) is 0. The maximum atomic E-state index is 9.20. The van der Waals surface area contributed by atoms with Gasteiger partial charge >= 0.3 is 0 Å². The molecule has 0 heterocycles. The molecule has 2 N–H and O–H groups in total. The van der Waals surface area contributed by atoms with Crippen molar-refractivity contribution >= 4 is 15.9 Å². The van der Waals surface area contributed by atoms with Gasteiger partial charge in [-0.05, 0) is 12.2 Å². The summed E-state index contributed by atoms with van der Waals surface area (Å²) in [5, 5.41) is 26.8. The van der Waals surface area contributed by atoms with Crippen molar-refractivity contribution in [3.63, 3.8) is 0 Å². The number of nitriles is 1. The van der Waals surface area contributed by atoms with Crippen molar-refractivity contribution in [2.45, 2.75) is 12.2 Å². The third-order valence-electron chi connectivity index (χ3n) is 1.45. The van der Waals surface area contributed by atoms with Crippen molar-refractivity contribution in [1.82, 2.24) is 0 Å². The first-order chi connectivity index (χ1) is 5.16. The van der Waals surface area contributed by atoms with Crippen molar-refractivity contribution in [3.05, 3.63) is 22.2 Å². The molecule has 11 heavy (non-hydrogen) atoms. The first kappa shape index (κ1) is 8.47. The molecule has 1 aliphatic carbocycles. The lowest BCUT2D eigenvalue weighted by molar-refractivity contribution is 0.0725. The van der Waals surface area contributed by atoms with Crippen molar-refractivity contribution < 1.29 is 10.2 Å². The molecule has 1 aliphatic rings. The summed E-state index contributed by atoms with van der Waals surface area (Å²) < 4.78 is 0.490. The zero-order valence-corrected chi connectivity index (χ0v) is 7.12. The Hall–Kier alpha value is -0.630. The number of nitrogens with zero attached hydrogens (tertiary/aromatic N) is 1. The van der Waals surface area contributed by atoms with Gasteiger partial charge in [-0.25, -0.2) is 0 Å². The molecule has 0 aromatic heterocycles. The molecule has 0 unspecified atom stereocenters. The predicted molar refractivity (Wildman–Crippen MR) is 42.7 cm³/mol. The highest BCUT2D eigenvalue weighted by atomic mass is 79.9. The monoisotopic (exact) mass is 215 g/mol. The molecule has 0 fully saturated rings. The van der Waals surface area contributed by atoms with E-state index in [1.807, 2.05) is 0 Å². The van der Waals surface area contributed by atoms with E-state index in [4.69, 9.17) is 5.26 Å². The largest absolute Gasteiger partial charge is 0.385 e. The Labute approximate surface area is 72.4 Å². The molecule has 4 heteroatoms. The number of hydrogen-bond acceptors (Lipinski definition) is 3. The molecule has 3 nitrogen and oxygen atoms in total. The fraction of sp³-hybridized carbons (Fsp3) is 0.286. The summed E-state index contributed by atoms with van der Waals surface area (Å²) in [5.74, 6) is 0. The average Bonchev–Trinajstić information content (AvgIpc) is 2.01. The van der Waals surface area contributed by atoms with Crippen LogP contribution >= 0.6 is 15.9 Å². The number of rotatable bonds is 0. The van der Waals surface area contributed by atoms with E-state index in [1.165, 1.54) is 6.08 Å². The second kappa shape index (κ2) is 3.18. The van der Waals surface area contributed by atoms with E-state index >= 15 is 0 Å². The SMILES string of the molecule is N#CC1=CC=C(Br)[C@@H](O)[C@H]1O. The molecule has 0 saturated heterocycles. The van der Waals surface area contributed by atoms with E-state index in [0.29, 0.717) is 4.48 Å². The molecule has 0 radical (unpaired) electrons. The fourth-order valence-corrected chi connectivity index (χ4v) is 1.17. The summed E-state index contributed by atoms with van der Waals surface area (Å²) in [6, 6.07) is 1.79. The van der Waals surface area contributed by atoms with Gasteiger partial charge in [-0.3, -0.25) is 0 Å². The van der Waals surface area contributed by atoms with E-state index < -0.39 is 12.2 Å². The van der Waals surface area contributed by atoms with Crippen LogP contribution in [0.15, 0.2) is 22.2 Å². The zero-order valence-electron chi connectivity index (χ0n) is 5.53. The van der Waals surface area contributed by atoms with E-state index in [1.54, 1.807) is 12.1 Å². The fourth-order valence-electron chi connectivity index (χ4n) is 0.791. The maximum Gasteiger partial charge on any atom is 0.119 e. The summed E-state index contributed by atoms with van der Waals surface area (Å²) >= 11 is 3.05. The molecule has 0 aliphatic heterocycles. The van der Waals surface area contributed by atoms with Crippen molar-refractivity contribution in [2.24, 2.45) is 0 Å². The van der Waals surface area contributed by atoms with Crippen molar-refractivity contribution in [3.8, 4) is 6.07 Å². The molecule has 1 rings (SSSR count). The molecule has 2 atom stereocenters. The lowest BCUT2D eigenvalue weighted by Gasteiger charge is -2.19. The first-order valence-corrected chi connectivity index (χ1v) is 3.79. The molecule has 0 aromatic rings. The van der Waals surface area contributed by atoms with Gasteiger partial charge in [0.1, 0.15) is 12.2 Å². The van der Waals surface area contributed by atoms with Crippen LogP contribution in [0.1, 0.15) is 0 Å². The van der Waals surface area contributed by atoms with Crippen LogP contribution in [0.5, 0.6) is 0 Å². The van der Waals surface area contributed by atoms with E-state index in [9.17, 15) is 10.2 Å². The molecular formula is C7H6BrNO2. The molecule has 0 amide bonds. The zero-order chi connectivity index (χ0) is 8.43. The minimum atomic E-state index is -1.10. The lowest BCUT2D eigenvalue weighted by Crippen LogP contribution is -2.29. The van der Waals surface area contributed by atoms with Gasteiger partial charge in [0.15, 0.2) is 0 Å². The maximum absolute atomic E-state index is 9.20. The average molecular weight is 216 g/mol.